The molecule has 1 aliphatic carbocycles. The molecule has 0 aliphatic heterocycles. The zero-order chi connectivity index (χ0) is 23.2. The van der Waals surface area contributed by atoms with Gasteiger partial charge < -0.3 is 10.0 Å². The molecule has 5 heteroatoms. The van der Waals surface area contributed by atoms with Gasteiger partial charge in [0, 0.05) is 17.7 Å². The fourth-order valence-corrected chi connectivity index (χ4v) is 4.70. The molecular formula is C28H27NO4. The molecule has 1 unspecified atom stereocenters. The summed E-state index contributed by atoms with van der Waals surface area (Å²) >= 11 is 0. The predicted molar refractivity (Wildman–Crippen MR) is 127 cm³/mol. The van der Waals surface area contributed by atoms with Gasteiger partial charge in [-0.1, -0.05) is 66.7 Å². The number of rotatable bonds is 8. The second-order valence-electron chi connectivity index (χ2n) is 8.44. The van der Waals surface area contributed by atoms with Crippen molar-refractivity contribution in [1.29, 1.82) is 0 Å². The maximum absolute atomic E-state index is 13.4. The third-order valence-electron chi connectivity index (χ3n) is 6.33. The second-order valence-corrected chi connectivity index (χ2v) is 8.44. The molecule has 0 heterocycles. The van der Waals surface area contributed by atoms with Crippen LogP contribution >= 0.6 is 0 Å². The van der Waals surface area contributed by atoms with Crippen molar-refractivity contribution in [2.45, 2.75) is 44.6 Å². The van der Waals surface area contributed by atoms with E-state index in [-0.39, 0.29) is 17.4 Å². The molecule has 0 aromatic heterocycles. The molecule has 168 valence electrons. The van der Waals surface area contributed by atoms with Crippen molar-refractivity contribution >= 4 is 23.3 Å². The lowest BCUT2D eigenvalue weighted by Gasteiger charge is -2.28. The number of hydrogen-bond donors (Lipinski definition) is 1. The molecule has 33 heavy (non-hydrogen) atoms. The van der Waals surface area contributed by atoms with Gasteiger partial charge in [0.25, 0.3) is 5.78 Å². The monoisotopic (exact) mass is 441 g/mol. The van der Waals surface area contributed by atoms with Gasteiger partial charge in [0.2, 0.25) is 5.91 Å². The smallest absolute Gasteiger partial charge is 0.377 e. The van der Waals surface area contributed by atoms with Crippen LogP contribution in [0.1, 0.15) is 58.6 Å². The summed E-state index contributed by atoms with van der Waals surface area (Å²) in [7, 11) is 0. The van der Waals surface area contributed by atoms with E-state index in [1.807, 2.05) is 71.6 Å². The number of benzene rings is 3. The predicted octanol–water partition coefficient (Wildman–Crippen LogP) is 5.39. The van der Waals surface area contributed by atoms with Crippen molar-refractivity contribution in [2.75, 3.05) is 4.90 Å². The number of fused-ring (bicyclic) bond motifs is 1. The molecule has 0 fully saturated rings. The highest BCUT2D eigenvalue weighted by Crippen LogP contribution is 2.37. The Labute approximate surface area is 193 Å². The fraction of sp³-hybridized carbons (Fsp3) is 0.250. The first-order valence-corrected chi connectivity index (χ1v) is 11.3. The van der Waals surface area contributed by atoms with Gasteiger partial charge in [-0.25, -0.2) is 4.79 Å². The molecule has 0 bridgehead atoms. The maximum atomic E-state index is 13.4. The SMILES string of the molecule is O=C(O)C(=O)c1cccc2c1CCCC2CCC(=O)N(Cc1ccccc1)c1ccccc1. The van der Waals surface area contributed by atoms with Crippen LogP contribution in [0.4, 0.5) is 5.69 Å². The van der Waals surface area contributed by atoms with Crippen molar-refractivity contribution in [1.82, 2.24) is 0 Å². The van der Waals surface area contributed by atoms with E-state index >= 15 is 0 Å². The van der Waals surface area contributed by atoms with Gasteiger partial charge in [0.15, 0.2) is 0 Å². The summed E-state index contributed by atoms with van der Waals surface area (Å²) in [6.45, 7) is 0.502. The molecule has 4 rings (SSSR count). The second kappa shape index (κ2) is 10.3. The van der Waals surface area contributed by atoms with Crippen molar-refractivity contribution in [3.8, 4) is 0 Å². The minimum absolute atomic E-state index is 0.0509. The maximum Gasteiger partial charge on any atom is 0.377 e. The first-order valence-electron chi connectivity index (χ1n) is 11.3. The standard InChI is InChI=1S/C28H27NO4/c30-26(29(22-12-5-2-6-13-22)19-20-9-3-1-4-10-20)18-17-21-11-7-15-24-23(21)14-8-16-25(24)27(31)28(32)33/h1-6,8-10,12-14,16,21H,7,11,15,17-19H2,(H,32,33). The van der Waals surface area contributed by atoms with Gasteiger partial charge in [-0.15, -0.1) is 0 Å². The van der Waals surface area contributed by atoms with E-state index in [1.165, 1.54) is 0 Å². The number of aliphatic carboxylic acids is 1. The molecule has 0 saturated carbocycles. The lowest BCUT2D eigenvalue weighted by atomic mass is 9.78. The molecule has 1 amide bonds. The molecular weight excluding hydrogens is 414 g/mol. The van der Waals surface area contributed by atoms with E-state index in [9.17, 15) is 14.4 Å². The molecule has 3 aromatic carbocycles. The summed E-state index contributed by atoms with van der Waals surface area (Å²) in [5, 5.41) is 9.17. The van der Waals surface area contributed by atoms with E-state index in [4.69, 9.17) is 5.11 Å². The third-order valence-corrected chi connectivity index (χ3v) is 6.33. The number of carboxylic acids is 1. The summed E-state index contributed by atoms with van der Waals surface area (Å²) in [4.78, 5) is 38.6. The van der Waals surface area contributed by atoms with E-state index in [2.05, 4.69) is 0 Å². The highest BCUT2D eigenvalue weighted by Gasteiger charge is 2.27. The Kier molecular flexibility index (Phi) is 6.98. The number of para-hydroxylation sites is 1. The minimum atomic E-state index is -1.43. The Morgan fingerprint density at radius 1 is 0.879 bits per heavy atom. The van der Waals surface area contributed by atoms with Crippen LogP contribution in [0.5, 0.6) is 0 Å². The Hall–Kier alpha value is -3.73. The Morgan fingerprint density at radius 2 is 1.58 bits per heavy atom. The normalized spacial score (nSPS) is 14.8. The molecule has 1 N–H and O–H groups in total. The van der Waals surface area contributed by atoms with Gasteiger partial charge in [0.05, 0.1) is 6.54 Å². The highest BCUT2D eigenvalue weighted by molar-refractivity contribution is 6.40. The van der Waals surface area contributed by atoms with Crippen LogP contribution in [0.2, 0.25) is 0 Å². The molecule has 0 radical (unpaired) electrons. The highest BCUT2D eigenvalue weighted by atomic mass is 16.4. The fourth-order valence-electron chi connectivity index (χ4n) is 4.70. The molecule has 1 aliphatic rings. The van der Waals surface area contributed by atoms with Crippen LogP contribution in [-0.2, 0) is 22.6 Å². The Balaban J connectivity index is 1.52. The van der Waals surface area contributed by atoms with Crippen molar-refractivity contribution in [3.63, 3.8) is 0 Å². The van der Waals surface area contributed by atoms with E-state index in [0.29, 0.717) is 25.8 Å². The number of carbonyl (C=O) groups is 3. The first kappa shape index (κ1) is 22.5. The number of carbonyl (C=O) groups excluding carboxylic acids is 2. The van der Waals surface area contributed by atoms with Crippen LogP contribution < -0.4 is 4.90 Å². The van der Waals surface area contributed by atoms with Crippen LogP contribution in [0, 0.1) is 0 Å². The average Bonchev–Trinajstić information content (AvgIpc) is 2.86. The molecule has 0 saturated heterocycles. The molecule has 0 spiro atoms. The van der Waals surface area contributed by atoms with Crippen molar-refractivity contribution in [3.05, 3.63) is 101 Å². The summed E-state index contributed by atoms with van der Waals surface area (Å²) < 4.78 is 0. The largest absolute Gasteiger partial charge is 0.475 e. The number of Topliss-reactive ketones (excluding diaryl/α,β-unsaturated/α-hetero) is 1. The summed E-state index contributed by atoms with van der Waals surface area (Å²) in [6.07, 6.45) is 3.54. The van der Waals surface area contributed by atoms with Gasteiger partial charge >= 0.3 is 5.97 Å². The minimum Gasteiger partial charge on any atom is -0.475 e. The van der Waals surface area contributed by atoms with Gasteiger partial charge in [-0.3, -0.25) is 9.59 Å². The van der Waals surface area contributed by atoms with Crippen LogP contribution in [0.25, 0.3) is 0 Å². The number of hydrogen-bond acceptors (Lipinski definition) is 3. The topological polar surface area (TPSA) is 74.7 Å². The lowest BCUT2D eigenvalue weighted by Crippen LogP contribution is -2.30. The summed E-state index contributed by atoms with van der Waals surface area (Å²) in [5.41, 5.74) is 4.05. The zero-order valence-electron chi connectivity index (χ0n) is 18.4. The first-order chi connectivity index (χ1) is 16.0. The van der Waals surface area contributed by atoms with Crippen LogP contribution in [-0.4, -0.2) is 22.8 Å². The number of nitrogens with zero attached hydrogens (tertiary/aromatic N) is 1. The Morgan fingerprint density at radius 3 is 2.27 bits per heavy atom. The lowest BCUT2D eigenvalue weighted by molar-refractivity contribution is -0.131. The number of ketones is 1. The molecule has 5 nitrogen and oxygen atoms in total. The van der Waals surface area contributed by atoms with Gasteiger partial charge in [-0.2, -0.15) is 0 Å². The van der Waals surface area contributed by atoms with Crippen LogP contribution in [0.15, 0.2) is 78.9 Å². The number of anilines is 1. The Bertz CT molecular complexity index is 1140. The van der Waals surface area contributed by atoms with Crippen molar-refractivity contribution in [2.24, 2.45) is 0 Å². The van der Waals surface area contributed by atoms with E-state index in [1.54, 1.807) is 12.1 Å². The molecule has 1 atom stereocenters. The number of carboxylic acid groups (broad SMARTS) is 1. The quantitative estimate of drug-likeness (QED) is 0.376. The van der Waals surface area contributed by atoms with Gasteiger partial charge in [-0.05, 0) is 60.4 Å². The van der Waals surface area contributed by atoms with E-state index < -0.39 is 11.8 Å². The number of amides is 1. The summed E-state index contributed by atoms with van der Waals surface area (Å²) in [6, 6.07) is 24.9. The van der Waals surface area contributed by atoms with Gasteiger partial charge in [0.1, 0.15) is 0 Å². The molecule has 3 aromatic rings. The zero-order valence-corrected chi connectivity index (χ0v) is 18.4. The average molecular weight is 442 g/mol. The van der Waals surface area contributed by atoms with E-state index in [0.717, 1.165) is 35.2 Å². The van der Waals surface area contributed by atoms with Crippen molar-refractivity contribution < 1.29 is 19.5 Å². The third kappa shape index (κ3) is 5.20. The van der Waals surface area contributed by atoms with Crippen LogP contribution in [0.3, 0.4) is 0 Å². The summed E-state index contributed by atoms with van der Waals surface area (Å²) in [5.74, 6) is -2.11.